The highest BCUT2D eigenvalue weighted by atomic mass is 15.4. The number of rotatable bonds is 5. The molecule has 0 aliphatic heterocycles. The molecule has 1 aromatic heterocycles. The van der Waals surface area contributed by atoms with Crippen LogP contribution in [0.25, 0.3) is 0 Å². The molecule has 0 aliphatic carbocycles. The van der Waals surface area contributed by atoms with Crippen LogP contribution in [0.4, 0.5) is 0 Å². The van der Waals surface area contributed by atoms with Gasteiger partial charge in [0.25, 0.3) is 0 Å². The van der Waals surface area contributed by atoms with E-state index in [0.29, 0.717) is 12.0 Å². The second-order valence-corrected chi connectivity index (χ2v) is 4.93. The monoisotopic (exact) mass is 211 g/mol. The van der Waals surface area contributed by atoms with Crippen molar-refractivity contribution in [1.82, 2.24) is 20.3 Å². The molecule has 5 heteroatoms. The summed E-state index contributed by atoms with van der Waals surface area (Å²) in [4.78, 5) is 0. The van der Waals surface area contributed by atoms with Crippen LogP contribution in [0.5, 0.6) is 0 Å². The molecule has 1 aromatic rings. The normalized spacial score (nSPS) is 12.0. The van der Waals surface area contributed by atoms with Crippen LogP contribution in [0.15, 0.2) is 6.20 Å². The van der Waals surface area contributed by atoms with E-state index in [1.807, 2.05) is 6.20 Å². The lowest BCUT2D eigenvalue weighted by Gasteiger charge is -2.17. The van der Waals surface area contributed by atoms with E-state index in [0.717, 1.165) is 25.3 Å². The van der Waals surface area contributed by atoms with Crippen molar-refractivity contribution >= 4 is 0 Å². The second-order valence-electron chi connectivity index (χ2n) is 4.93. The summed E-state index contributed by atoms with van der Waals surface area (Å²) < 4.78 is 1.77. The number of hydrogen-bond acceptors (Lipinski definition) is 4. The summed E-state index contributed by atoms with van der Waals surface area (Å²) in [6, 6.07) is 0. The highest BCUT2D eigenvalue weighted by Gasteiger charge is 2.09. The van der Waals surface area contributed by atoms with Gasteiger partial charge in [0.15, 0.2) is 0 Å². The Labute approximate surface area is 91.0 Å². The molecule has 15 heavy (non-hydrogen) atoms. The number of nitrogens with one attached hydrogen (secondary N) is 1. The van der Waals surface area contributed by atoms with Crippen LogP contribution in [0.2, 0.25) is 0 Å². The molecule has 3 N–H and O–H groups in total. The van der Waals surface area contributed by atoms with E-state index in [4.69, 9.17) is 5.73 Å². The third-order valence-corrected chi connectivity index (χ3v) is 1.91. The van der Waals surface area contributed by atoms with Gasteiger partial charge < -0.3 is 11.1 Å². The molecule has 0 amide bonds. The molecule has 5 nitrogen and oxygen atoms in total. The third-order valence-electron chi connectivity index (χ3n) is 1.91. The Morgan fingerprint density at radius 1 is 1.47 bits per heavy atom. The molecule has 1 heterocycles. The van der Waals surface area contributed by atoms with Crippen molar-refractivity contribution in [3.63, 3.8) is 0 Å². The van der Waals surface area contributed by atoms with Crippen LogP contribution >= 0.6 is 0 Å². The van der Waals surface area contributed by atoms with Gasteiger partial charge in [-0.25, -0.2) is 0 Å². The fourth-order valence-electron chi connectivity index (χ4n) is 1.23. The van der Waals surface area contributed by atoms with Crippen molar-refractivity contribution in [1.29, 1.82) is 0 Å². The van der Waals surface area contributed by atoms with Crippen molar-refractivity contribution in [2.75, 3.05) is 13.1 Å². The van der Waals surface area contributed by atoms with Gasteiger partial charge in [-0.1, -0.05) is 26.0 Å². The van der Waals surface area contributed by atoms with Crippen molar-refractivity contribution in [3.05, 3.63) is 11.9 Å². The second kappa shape index (κ2) is 5.23. The van der Waals surface area contributed by atoms with Crippen LogP contribution in [0.1, 0.15) is 26.5 Å². The van der Waals surface area contributed by atoms with Gasteiger partial charge in [-0.05, 0) is 5.41 Å². The molecule has 0 atom stereocenters. The Morgan fingerprint density at radius 2 is 2.20 bits per heavy atom. The van der Waals surface area contributed by atoms with E-state index in [1.54, 1.807) is 4.68 Å². The van der Waals surface area contributed by atoms with E-state index >= 15 is 0 Å². The molecule has 0 saturated heterocycles. The van der Waals surface area contributed by atoms with E-state index < -0.39 is 0 Å². The standard InChI is InChI=1S/C10H21N5/c1-10(2,3)8-12-6-9-7-15(5-4-11)14-13-9/h7,12H,4-6,8,11H2,1-3H3. The minimum absolute atomic E-state index is 0.299. The van der Waals surface area contributed by atoms with Crippen molar-refractivity contribution < 1.29 is 0 Å². The highest BCUT2D eigenvalue weighted by Crippen LogP contribution is 2.10. The number of hydrogen-bond donors (Lipinski definition) is 2. The number of aromatic nitrogens is 3. The molecule has 86 valence electrons. The number of nitrogens with two attached hydrogens (primary N) is 1. The highest BCUT2D eigenvalue weighted by molar-refractivity contribution is 4.91. The molecule has 0 saturated carbocycles. The zero-order valence-corrected chi connectivity index (χ0v) is 9.82. The summed E-state index contributed by atoms with van der Waals surface area (Å²) in [6.45, 7) is 9.66. The van der Waals surface area contributed by atoms with E-state index in [2.05, 4.69) is 36.4 Å². The van der Waals surface area contributed by atoms with Crippen LogP contribution in [-0.4, -0.2) is 28.1 Å². The smallest absolute Gasteiger partial charge is 0.0964 e. The molecule has 1 rings (SSSR count). The minimum Gasteiger partial charge on any atom is -0.329 e. The maximum atomic E-state index is 5.42. The third kappa shape index (κ3) is 4.90. The topological polar surface area (TPSA) is 68.8 Å². The Balaban J connectivity index is 2.31. The lowest BCUT2D eigenvalue weighted by molar-refractivity contribution is 0.378. The first-order chi connectivity index (χ1) is 7.01. The molecule has 0 aliphatic rings. The van der Waals surface area contributed by atoms with Crippen molar-refractivity contribution in [3.8, 4) is 0 Å². The quantitative estimate of drug-likeness (QED) is 0.738. The van der Waals surface area contributed by atoms with Gasteiger partial charge in [0.05, 0.1) is 12.2 Å². The molecule has 0 bridgehead atoms. The molecule has 0 spiro atoms. The maximum Gasteiger partial charge on any atom is 0.0964 e. The van der Waals surface area contributed by atoms with Gasteiger partial charge in [0.1, 0.15) is 0 Å². The zero-order chi connectivity index (χ0) is 11.3. The van der Waals surface area contributed by atoms with Gasteiger partial charge in [-0.15, -0.1) is 5.10 Å². The lowest BCUT2D eigenvalue weighted by atomic mass is 9.97. The SMILES string of the molecule is CC(C)(C)CNCc1cn(CCN)nn1. The number of nitrogens with zero attached hydrogens (tertiary/aromatic N) is 3. The first-order valence-corrected chi connectivity index (χ1v) is 5.31. The fourth-order valence-corrected chi connectivity index (χ4v) is 1.23. The Morgan fingerprint density at radius 3 is 2.80 bits per heavy atom. The maximum absolute atomic E-state index is 5.42. The van der Waals surface area contributed by atoms with Gasteiger partial charge in [-0.3, -0.25) is 4.68 Å². The van der Waals surface area contributed by atoms with Crippen LogP contribution < -0.4 is 11.1 Å². The molecule has 0 unspecified atom stereocenters. The molecule has 0 fully saturated rings. The summed E-state index contributed by atoms with van der Waals surface area (Å²) in [5.74, 6) is 0. The predicted octanol–water partition coefficient (Wildman–Crippen LogP) is 0.372. The van der Waals surface area contributed by atoms with Crippen molar-refractivity contribution in [2.24, 2.45) is 11.1 Å². The van der Waals surface area contributed by atoms with Gasteiger partial charge in [-0.2, -0.15) is 0 Å². The lowest BCUT2D eigenvalue weighted by Crippen LogP contribution is -2.26. The molecular weight excluding hydrogens is 190 g/mol. The summed E-state index contributed by atoms with van der Waals surface area (Å²) in [5, 5.41) is 11.4. The molecule has 0 aromatic carbocycles. The fraction of sp³-hybridized carbons (Fsp3) is 0.800. The predicted molar refractivity (Wildman–Crippen MR) is 60.2 cm³/mol. The molecular formula is C10H21N5. The first kappa shape index (κ1) is 12.1. The van der Waals surface area contributed by atoms with Gasteiger partial charge in [0.2, 0.25) is 0 Å². The van der Waals surface area contributed by atoms with Crippen molar-refractivity contribution in [2.45, 2.75) is 33.9 Å². The van der Waals surface area contributed by atoms with Gasteiger partial charge in [0, 0.05) is 25.8 Å². The van der Waals surface area contributed by atoms with Crippen LogP contribution in [0.3, 0.4) is 0 Å². The Bertz CT molecular complexity index is 286. The first-order valence-electron chi connectivity index (χ1n) is 5.31. The van der Waals surface area contributed by atoms with E-state index in [9.17, 15) is 0 Å². The van der Waals surface area contributed by atoms with E-state index in [-0.39, 0.29) is 0 Å². The largest absolute Gasteiger partial charge is 0.329 e. The van der Waals surface area contributed by atoms with E-state index in [1.165, 1.54) is 0 Å². The van der Waals surface area contributed by atoms with Gasteiger partial charge >= 0.3 is 0 Å². The summed E-state index contributed by atoms with van der Waals surface area (Å²) in [7, 11) is 0. The average Bonchev–Trinajstić information content (AvgIpc) is 2.51. The minimum atomic E-state index is 0.299. The van der Waals surface area contributed by atoms with Crippen LogP contribution in [0, 0.1) is 5.41 Å². The molecule has 0 radical (unpaired) electrons. The Hall–Kier alpha value is -0.940. The zero-order valence-electron chi connectivity index (χ0n) is 9.82. The summed E-state index contributed by atoms with van der Waals surface area (Å²) >= 11 is 0. The Kier molecular flexibility index (Phi) is 4.23. The summed E-state index contributed by atoms with van der Waals surface area (Å²) in [5.41, 5.74) is 6.69. The van der Waals surface area contributed by atoms with Crippen LogP contribution in [-0.2, 0) is 13.1 Å². The average molecular weight is 211 g/mol. The summed E-state index contributed by atoms with van der Waals surface area (Å²) in [6.07, 6.45) is 1.93.